The van der Waals surface area contributed by atoms with Gasteiger partial charge in [-0.05, 0) is 55.0 Å². The third-order valence-electron chi connectivity index (χ3n) is 3.70. The lowest BCUT2D eigenvalue weighted by molar-refractivity contribution is 0.548. The van der Waals surface area contributed by atoms with Gasteiger partial charge in [0.1, 0.15) is 0 Å². The first kappa shape index (κ1) is 16.2. The van der Waals surface area contributed by atoms with Gasteiger partial charge in [0.15, 0.2) is 0 Å². The van der Waals surface area contributed by atoms with Crippen LogP contribution >= 0.6 is 15.9 Å². The first-order valence-electron chi connectivity index (χ1n) is 7.62. The summed E-state index contributed by atoms with van der Waals surface area (Å²) >= 11 is 3.51. The molecule has 1 aromatic heterocycles. The summed E-state index contributed by atoms with van der Waals surface area (Å²) in [5, 5.41) is 7.81. The van der Waals surface area contributed by atoms with Crippen molar-refractivity contribution in [2.45, 2.75) is 32.1 Å². The molecule has 0 radical (unpaired) electrons. The molecule has 0 aliphatic rings. The number of rotatable bonds is 8. The van der Waals surface area contributed by atoms with Crippen LogP contribution in [0.2, 0.25) is 0 Å². The molecule has 0 spiro atoms. The third kappa shape index (κ3) is 5.29. The highest BCUT2D eigenvalue weighted by Crippen LogP contribution is 2.23. The first-order valence-corrected chi connectivity index (χ1v) is 8.42. The molecular formula is C17H24BrN3. The molecule has 114 valence electrons. The maximum absolute atomic E-state index is 4.25. The van der Waals surface area contributed by atoms with Crippen LogP contribution in [0.3, 0.4) is 0 Å². The number of aryl methyl sites for hydroxylation is 2. The molecule has 1 aromatic carbocycles. The van der Waals surface area contributed by atoms with Crippen LogP contribution in [0.4, 0.5) is 0 Å². The van der Waals surface area contributed by atoms with Crippen molar-refractivity contribution < 1.29 is 0 Å². The van der Waals surface area contributed by atoms with Crippen molar-refractivity contribution in [2.24, 2.45) is 7.05 Å². The monoisotopic (exact) mass is 349 g/mol. The second kappa shape index (κ2) is 8.35. The van der Waals surface area contributed by atoms with Crippen molar-refractivity contribution in [1.29, 1.82) is 0 Å². The van der Waals surface area contributed by atoms with Crippen LogP contribution in [0.1, 0.15) is 36.8 Å². The lowest BCUT2D eigenvalue weighted by Crippen LogP contribution is -2.22. The molecule has 1 unspecified atom stereocenters. The van der Waals surface area contributed by atoms with Gasteiger partial charge in [0, 0.05) is 24.3 Å². The van der Waals surface area contributed by atoms with E-state index in [0.717, 1.165) is 30.4 Å². The Labute approximate surface area is 135 Å². The van der Waals surface area contributed by atoms with Gasteiger partial charge in [-0.3, -0.25) is 4.68 Å². The van der Waals surface area contributed by atoms with Crippen molar-refractivity contribution in [2.75, 3.05) is 13.1 Å². The number of benzene rings is 1. The second-order valence-corrected chi connectivity index (χ2v) is 6.43. The van der Waals surface area contributed by atoms with Gasteiger partial charge in [0.25, 0.3) is 0 Å². The van der Waals surface area contributed by atoms with E-state index in [1.807, 2.05) is 17.9 Å². The van der Waals surface area contributed by atoms with Crippen LogP contribution in [0.5, 0.6) is 0 Å². The molecular weight excluding hydrogens is 326 g/mol. The van der Waals surface area contributed by atoms with E-state index in [4.69, 9.17) is 0 Å². The molecule has 4 heteroatoms. The van der Waals surface area contributed by atoms with Gasteiger partial charge < -0.3 is 5.32 Å². The van der Waals surface area contributed by atoms with Crippen molar-refractivity contribution in [3.8, 4) is 0 Å². The Bertz CT molecular complexity index is 533. The number of nitrogens with zero attached hydrogens (tertiary/aromatic N) is 2. The molecule has 0 amide bonds. The second-order valence-electron chi connectivity index (χ2n) is 5.51. The Balaban J connectivity index is 1.99. The van der Waals surface area contributed by atoms with Crippen LogP contribution in [-0.2, 0) is 13.5 Å². The Kier molecular flexibility index (Phi) is 6.46. The molecule has 0 bridgehead atoms. The van der Waals surface area contributed by atoms with E-state index in [9.17, 15) is 0 Å². The highest BCUT2D eigenvalue weighted by molar-refractivity contribution is 9.10. The van der Waals surface area contributed by atoms with Crippen molar-refractivity contribution in [3.05, 3.63) is 52.3 Å². The molecule has 0 fully saturated rings. The zero-order valence-electron chi connectivity index (χ0n) is 12.8. The number of hydrogen-bond donors (Lipinski definition) is 1. The van der Waals surface area contributed by atoms with E-state index >= 15 is 0 Å². The summed E-state index contributed by atoms with van der Waals surface area (Å²) in [6, 6.07) is 8.72. The predicted octanol–water partition coefficient (Wildman–Crippen LogP) is 3.90. The maximum atomic E-state index is 4.25. The third-order valence-corrected chi connectivity index (χ3v) is 4.23. The Morgan fingerprint density at radius 2 is 2.05 bits per heavy atom. The van der Waals surface area contributed by atoms with Gasteiger partial charge in [-0.1, -0.05) is 35.0 Å². The Morgan fingerprint density at radius 1 is 1.29 bits per heavy atom. The fourth-order valence-electron chi connectivity index (χ4n) is 2.52. The topological polar surface area (TPSA) is 29.9 Å². The summed E-state index contributed by atoms with van der Waals surface area (Å²) in [4.78, 5) is 0. The van der Waals surface area contributed by atoms with Gasteiger partial charge in [0.05, 0.1) is 6.20 Å². The number of aromatic nitrogens is 2. The minimum atomic E-state index is 0.546. The van der Waals surface area contributed by atoms with Crippen LogP contribution in [0, 0.1) is 0 Å². The summed E-state index contributed by atoms with van der Waals surface area (Å²) < 4.78 is 3.01. The molecule has 0 aliphatic carbocycles. The lowest BCUT2D eigenvalue weighted by atomic mass is 9.93. The smallest absolute Gasteiger partial charge is 0.0521 e. The van der Waals surface area contributed by atoms with Crippen molar-refractivity contribution >= 4 is 15.9 Å². The lowest BCUT2D eigenvalue weighted by Gasteiger charge is -2.18. The standard InChI is InChI=1S/C17H24BrN3/c1-3-10-19-12-16(15-6-8-17(18)9-7-15)5-4-14-11-20-21(2)13-14/h6-9,11,13,16,19H,3-5,10,12H2,1-2H3. The normalized spacial score (nSPS) is 12.5. The molecule has 2 rings (SSSR count). The molecule has 21 heavy (non-hydrogen) atoms. The van der Waals surface area contributed by atoms with Crippen LogP contribution < -0.4 is 5.32 Å². The Hall–Kier alpha value is -1.13. The molecule has 3 nitrogen and oxygen atoms in total. The first-order chi connectivity index (χ1) is 10.2. The number of hydrogen-bond acceptors (Lipinski definition) is 2. The minimum Gasteiger partial charge on any atom is -0.316 e. The number of nitrogens with one attached hydrogen (secondary N) is 1. The van der Waals surface area contributed by atoms with Gasteiger partial charge in [-0.25, -0.2) is 0 Å². The van der Waals surface area contributed by atoms with E-state index < -0.39 is 0 Å². The molecule has 1 N–H and O–H groups in total. The van der Waals surface area contributed by atoms with E-state index in [1.54, 1.807) is 0 Å². The largest absolute Gasteiger partial charge is 0.316 e. The van der Waals surface area contributed by atoms with Gasteiger partial charge >= 0.3 is 0 Å². The summed E-state index contributed by atoms with van der Waals surface area (Å²) in [6.07, 6.45) is 7.47. The molecule has 1 heterocycles. The van der Waals surface area contributed by atoms with Crippen LogP contribution in [0.15, 0.2) is 41.1 Å². The highest BCUT2D eigenvalue weighted by Gasteiger charge is 2.12. The molecule has 1 atom stereocenters. The minimum absolute atomic E-state index is 0.546. The summed E-state index contributed by atoms with van der Waals surface area (Å²) in [7, 11) is 1.97. The summed E-state index contributed by atoms with van der Waals surface area (Å²) in [6.45, 7) is 4.33. The van der Waals surface area contributed by atoms with E-state index in [0.29, 0.717) is 5.92 Å². The van der Waals surface area contributed by atoms with Gasteiger partial charge in [0.2, 0.25) is 0 Å². The zero-order valence-corrected chi connectivity index (χ0v) is 14.4. The number of halogens is 1. The van der Waals surface area contributed by atoms with Gasteiger partial charge in [-0.15, -0.1) is 0 Å². The zero-order chi connectivity index (χ0) is 15.1. The summed E-state index contributed by atoms with van der Waals surface area (Å²) in [5.74, 6) is 0.546. The van der Waals surface area contributed by atoms with E-state index in [2.05, 4.69) is 63.7 Å². The fraction of sp³-hybridized carbons (Fsp3) is 0.471. The quantitative estimate of drug-likeness (QED) is 0.732. The summed E-state index contributed by atoms with van der Waals surface area (Å²) in [5.41, 5.74) is 2.72. The van der Waals surface area contributed by atoms with Crippen LogP contribution in [-0.4, -0.2) is 22.9 Å². The molecule has 2 aromatic rings. The average molecular weight is 350 g/mol. The van der Waals surface area contributed by atoms with Crippen molar-refractivity contribution in [3.63, 3.8) is 0 Å². The van der Waals surface area contributed by atoms with E-state index in [-0.39, 0.29) is 0 Å². The molecule has 0 saturated heterocycles. The highest BCUT2D eigenvalue weighted by atomic mass is 79.9. The van der Waals surface area contributed by atoms with Gasteiger partial charge in [-0.2, -0.15) is 5.10 Å². The predicted molar refractivity (Wildman–Crippen MR) is 91.6 cm³/mol. The van der Waals surface area contributed by atoms with E-state index in [1.165, 1.54) is 17.5 Å². The van der Waals surface area contributed by atoms with Crippen LogP contribution in [0.25, 0.3) is 0 Å². The average Bonchev–Trinajstić information content (AvgIpc) is 2.89. The SMILES string of the molecule is CCCNCC(CCc1cnn(C)c1)c1ccc(Br)cc1. The van der Waals surface area contributed by atoms with Crippen molar-refractivity contribution in [1.82, 2.24) is 15.1 Å². The Morgan fingerprint density at radius 3 is 2.67 bits per heavy atom. The fourth-order valence-corrected chi connectivity index (χ4v) is 2.78. The molecule has 0 saturated carbocycles. The maximum Gasteiger partial charge on any atom is 0.0521 e. The molecule has 0 aliphatic heterocycles.